The van der Waals surface area contributed by atoms with Crippen molar-refractivity contribution in [3.8, 4) is 5.69 Å². The Bertz CT molecular complexity index is 1120. The van der Waals surface area contributed by atoms with Crippen molar-refractivity contribution in [1.82, 2.24) is 14.5 Å². The second-order valence-electron chi connectivity index (χ2n) is 8.05. The van der Waals surface area contributed by atoms with Gasteiger partial charge >= 0.3 is 6.09 Å². The van der Waals surface area contributed by atoms with Crippen molar-refractivity contribution in [2.24, 2.45) is 0 Å². The third kappa shape index (κ3) is 4.55. The number of anilines is 1. The summed E-state index contributed by atoms with van der Waals surface area (Å²) < 4.78 is 1.72. The third-order valence-corrected chi connectivity index (χ3v) is 5.79. The minimum absolute atomic E-state index is 0.0539. The molecule has 7 nitrogen and oxygen atoms in total. The summed E-state index contributed by atoms with van der Waals surface area (Å²) in [5.41, 5.74) is 2.38. The maximum absolute atomic E-state index is 13.3. The summed E-state index contributed by atoms with van der Waals surface area (Å²) in [5, 5.41) is 13.3. The van der Waals surface area contributed by atoms with E-state index in [4.69, 9.17) is 4.98 Å². The number of aromatic nitrogens is 2. The van der Waals surface area contributed by atoms with Crippen LogP contribution in [0.25, 0.3) is 16.6 Å². The van der Waals surface area contributed by atoms with Gasteiger partial charge in [0.2, 0.25) is 0 Å². The van der Waals surface area contributed by atoms with Crippen LogP contribution in [-0.2, 0) is 6.42 Å². The molecule has 0 saturated carbocycles. The van der Waals surface area contributed by atoms with Gasteiger partial charge in [-0.05, 0) is 55.7 Å². The van der Waals surface area contributed by atoms with E-state index in [2.05, 4.69) is 12.2 Å². The molecule has 0 spiro atoms. The predicted octanol–water partition coefficient (Wildman–Crippen LogP) is 4.28. The van der Waals surface area contributed by atoms with Crippen molar-refractivity contribution in [3.63, 3.8) is 0 Å². The minimum atomic E-state index is -0.871. The first-order chi connectivity index (χ1) is 15.1. The fourth-order valence-corrected chi connectivity index (χ4v) is 4.16. The summed E-state index contributed by atoms with van der Waals surface area (Å²) in [6.07, 6.45) is 3.64. The van der Waals surface area contributed by atoms with Crippen LogP contribution in [0.3, 0.4) is 0 Å². The number of aryl methyl sites for hydroxylation is 1. The van der Waals surface area contributed by atoms with Crippen LogP contribution in [-0.4, -0.2) is 44.8 Å². The third-order valence-electron chi connectivity index (χ3n) is 5.79. The summed E-state index contributed by atoms with van der Waals surface area (Å²) >= 11 is 0. The summed E-state index contributed by atoms with van der Waals surface area (Å²) in [6, 6.07) is 15.3. The van der Waals surface area contributed by atoms with Gasteiger partial charge in [0, 0.05) is 31.2 Å². The molecule has 0 bridgehead atoms. The number of hydrogen-bond acceptors (Lipinski definition) is 4. The molecule has 2 heterocycles. The summed E-state index contributed by atoms with van der Waals surface area (Å²) in [7, 11) is 0. The average Bonchev–Trinajstić information content (AvgIpc) is 2.79. The van der Waals surface area contributed by atoms with Crippen molar-refractivity contribution in [3.05, 3.63) is 64.7 Å². The molecule has 4 rings (SSSR count). The molecule has 0 radical (unpaired) electrons. The number of para-hydroxylation sites is 1. The standard InChI is InChI=1S/C24H28N4O3/c1-2-3-10-22-26-21-9-5-4-8-20(21)23(29)28(22)19-13-11-17(12-14-19)25-18-7-6-15-27(16-18)24(30)31/h4-5,8-9,11-14,18,25H,2-3,6-7,10,15-16H2,1H3,(H,30,31). The van der Waals surface area contributed by atoms with Gasteiger partial charge in [-0.15, -0.1) is 0 Å². The number of nitrogens with one attached hydrogen (secondary N) is 1. The molecule has 3 aromatic rings. The second kappa shape index (κ2) is 9.20. The first-order valence-corrected chi connectivity index (χ1v) is 10.9. The molecule has 2 N–H and O–H groups in total. The van der Waals surface area contributed by atoms with E-state index in [-0.39, 0.29) is 11.6 Å². The smallest absolute Gasteiger partial charge is 0.407 e. The highest BCUT2D eigenvalue weighted by atomic mass is 16.4. The van der Waals surface area contributed by atoms with Gasteiger partial charge in [0.05, 0.1) is 16.6 Å². The zero-order valence-electron chi connectivity index (χ0n) is 17.8. The van der Waals surface area contributed by atoms with Gasteiger partial charge < -0.3 is 15.3 Å². The Morgan fingerprint density at radius 3 is 2.71 bits per heavy atom. The Morgan fingerprint density at radius 2 is 1.97 bits per heavy atom. The number of fused-ring (bicyclic) bond motifs is 1. The van der Waals surface area contributed by atoms with Gasteiger partial charge in [0.25, 0.3) is 5.56 Å². The number of carbonyl (C=O) groups is 1. The quantitative estimate of drug-likeness (QED) is 0.621. The summed E-state index contributed by atoms with van der Waals surface area (Å²) in [5.74, 6) is 0.774. The topological polar surface area (TPSA) is 87.5 Å². The highest BCUT2D eigenvalue weighted by molar-refractivity contribution is 5.77. The van der Waals surface area contributed by atoms with Crippen LogP contribution >= 0.6 is 0 Å². The molecule has 2 aromatic carbocycles. The molecule has 1 aliphatic heterocycles. The van der Waals surface area contributed by atoms with Crippen molar-refractivity contribution < 1.29 is 9.90 Å². The number of benzene rings is 2. The highest BCUT2D eigenvalue weighted by Crippen LogP contribution is 2.20. The maximum atomic E-state index is 13.3. The van der Waals surface area contributed by atoms with Crippen molar-refractivity contribution >= 4 is 22.7 Å². The van der Waals surface area contributed by atoms with E-state index in [1.807, 2.05) is 48.5 Å². The van der Waals surface area contributed by atoms with Gasteiger partial charge in [-0.3, -0.25) is 9.36 Å². The lowest BCUT2D eigenvalue weighted by molar-refractivity contribution is 0.133. The van der Waals surface area contributed by atoms with Gasteiger partial charge in [-0.25, -0.2) is 9.78 Å². The van der Waals surface area contributed by atoms with Gasteiger partial charge in [0.15, 0.2) is 0 Å². The lowest BCUT2D eigenvalue weighted by Crippen LogP contribution is -2.44. The lowest BCUT2D eigenvalue weighted by Gasteiger charge is -2.31. The fraction of sp³-hybridized carbons (Fsp3) is 0.375. The van der Waals surface area contributed by atoms with E-state index in [0.717, 1.165) is 54.8 Å². The first kappa shape index (κ1) is 20.9. The Kier molecular flexibility index (Phi) is 6.21. The van der Waals surface area contributed by atoms with Crippen LogP contribution in [0.1, 0.15) is 38.4 Å². The number of hydrogen-bond donors (Lipinski definition) is 2. The number of amides is 1. The van der Waals surface area contributed by atoms with Crippen LogP contribution in [0.2, 0.25) is 0 Å². The Labute approximate surface area is 181 Å². The molecule has 7 heteroatoms. The van der Waals surface area contributed by atoms with Gasteiger partial charge in [-0.1, -0.05) is 25.5 Å². The van der Waals surface area contributed by atoms with Crippen molar-refractivity contribution in [1.29, 1.82) is 0 Å². The zero-order valence-corrected chi connectivity index (χ0v) is 17.8. The maximum Gasteiger partial charge on any atom is 0.407 e. The molecule has 1 unspecified atom stereocenters. The summed E-state index contributed by atoms with van der Waals surface area (Å²) in [6.45, 7) is 3.19. The van der Waals surface area contributed by atoms with E-state index < -0.39 is 6.09 Å². The van der Waals surface area contributed by atoms with Crippen molar-refractivity contribution in [2.75, 3.05) is 18.4 Å². The van der Waals surface area contributed by atoms with E-state index in [1.54, 1.807) is 4.57 Å². The largest absolute Gasteiger partial charge is 0.465 e. The van der Waals surface area contributed by atoms with Crippen LogP contribution in [0.4, 0.5) is 10.5 Å². The molecule has 1 saturated heterocycles. The second-order valence-corrected chi connectivity index (χ2v) is 8.05. The van der Waals surface area contributed by atoms with Crippen LogP contribution < -0.4 is 10.9 Å². The molecule has 0 aliphatic carbocycles. The van der Waals surface area contributed by atoms with Gasteiger partial charge in [-0.2, -0.15) is 0 Å². The van der Waals surface area contributed by atoms with E-state index in [0.29, 0.717) is 18.5 Å². The predicted molar refractivity (Wildman–Crippen MR) is 122 cm³/mol. The average molecular weight is 421 g/mol. The number of rotatable bonds is 6. The number of likely N-dealkylation sites (tertiary alicyclic amines) is 1. The van der Waals surface area contributed by atoms with E-state index in [9.17, 15) is 14.7 Å². The molecule has 1 atom stereocenters. The molecular weight excluding hydrogens is 392 g/mol. The number of carboxylic acid groups (broad SMARTS) is 1. The molecule has 31 heavy (non-hydrogen) atoms. The number of unbranched alkanes of at least 4 members (excludes halogenated alkanes) is 1. The van der Waals surface area contributed by atoms with Crippen molar-refractivity contribution in [2.45, 2.75) is 45.1 Å². The highest BCUT2D eigenvalue weighted by Gasteiger charge is 2.23. The first-order valence-electron chi connectivity index (χ1n) is 10.9. The fourth-order valence-electron chi connectivity index (χ4n) is 4.16. The molecule has 1 aliphatic rings. The lowest BCUT2D eigenvalue weighted by atomic mass is 10.1. The van der Waals surface area contributed by atoms with Gasteiger partial charge in [0.1, 0.15) is 5.82 Å². The minimum Gasteiger partial charge on any atom is -0.465 e. The monoisotopic (exact) mass is 420 g/mol. The molecule has 1 fully saturated rings. The van der Waals surface area contributed by atoms with E-state index in [1.165, 1.54) is 4.90 Å². The van der Waals surface area contributed by atoms with Crippen LogP contribution in [0.5, 0.6) is 0 Å². The SMILES string of the molecule is CCCCc1nc2ccccc2c(=O)n1-c1ccc(NC2CCCN(C(=O)O)C2)cc1. The molecular formula is C24H28N4O3. The normalized spacial score (nSPS) is 16.4. The Morgan fingerprint density at radius 1 is 1.19 bits per heavy atom. The zero-order chi connectivity index (χ0) is 21.8. The van der Waals surface area contributed by atoms with Crippen LogP contribution in [0, 0.1) is 0 Å². The number of piperidine rings is 1. The van der Waals surface area contributed by atoms with Crippen LogP contribution in [0.15, 0.2) is 53.3 Å². The summed E-state index contributed by atoms with van der Waals surface area (Å²) in [4.78, 5) is 30.7. The Hall–Kier alpha value is -3.35. The Balaban J connectivity index is 1.62. The molecule has 1 amide bonds. The molecule has 162 valence electrons. The number of nitrogens with zero attached hydrogens (tertiary/aromatic N) is 3. The van der Waals surface area contributed by atoms with E-state index >= 15 is 0 Å². The molecule has 1 aromatic heterocycles.